The molecule has 2 aliphatic rings. The van der Waals surface area contributed by atoms with Gasteiger partial charge >= 0.3 is 12.1 Å². The van der Waals surface area contributed by atoms with Crippen molar-refractivity contribution in [3.05, 3.63) is 101 Å². The van der Waals surface area contributed by atoms with E-state index >= 15 is 0 Å². The largest absolute Gasteiger partial charge is 0.478 e. The van der Waals surface area contributed by atoms with Gasteiger partial charge in [0.05, 0.1) is 22.5 Å². The molecule has 192 valence electrons. The number of aliphatic imine (C=N–C) groups is 1. The number of hydrazine groups is 1. The minimum atomic E-state index is -4.68. The summed E-state index contributed by atoms with van der Waals surface area (Å²) in [5.74, 6) is -0.800. The zero-order valence-electron chi connectivity index (χ0n) is 20.1. The lowest BCUT2D eigenvalue weighted by atomic mass is 9.98. The number of H-pyrrole nitrogens is 1. The second-order valence-electron chi connectivity index (χ2n) is 9.51. The molecule has 1 aromatic heterocycles. The van der Waals surface area contributed by atoms with E-state index in [9.17, 15) is 23.1 Å². The van der Waals surface area contributed by atoms with Gasteiger partial charge < -0.3 is 10.1 Å². The molecule has 6 rings (SSSR count). The third-order valence-corrected chi connectivity index (χ3v) is 6.79. The number of nitrogens with zero attached hydrogens (tertiary/aromatic N) is 2. The number of halogens is 3. The Morgan fingerprint density at radius 3 is 2.53 bits per heavy atom. The molecule has 4 aromatic rings. The van der Waals surface area contributed by atoms with Gasteiger partial charge in [-0.25, -0.2) is 4.79 Å². The molecular weight excluding hydrogens is 493 g/mol. The van der Waals surface area contributed by atoms with Crippen LogP contribution < -0.4 is 5.43 Å². The van der Waals surface area contributed by atoms with Gasteiger partial charge in [0.15, 0.2) is 0 Å². The monoisotopic (exact) mass is 516 g/mol. The minimum Gasteiger partial charge on any atom is -0.478 e. The van der Waals surface area contributed by atoms with Crippen molar-refractivity contribution >= 4 is 28.3 Å². The van der Waals surface area contributed by atoms with E-state index in [2.05, 4.69) is 15.4 Å². The van der Waals surface area contributed by atoms with E-state index < -0.39 is 17.7 Å². The van der Waals surface area contributed by atoms with E-state index in [0.29, 0.717) is 11.5 Å². The number of hydrogen-bond acceptors (Lipinski definition) is 4. The van der Waals surface area contributed by atoms with Crippen LogP contribution in [0.4, 0.5) is 18.9 Å². The average molecular weight is 517 g/mol. The first-order valence-corrected chi connectivity index (χ1v) is 12.2. The Labute approximate surface area is 216 Å². The quantitative estimate of drug-likeness (QED) is 0.259. The van der Waals surface area contributed by atoms with Crippen molar-refractivity contribution in [1.29, 1.82) is 0 Å². The van der Waals surface area contributed by atoms with Crippen molar-refractivity contribution in [1.82, 2.24) is 9.99 Å². The second kappa shape index (κ2) is 9.09. The van der Waals surface area contributed by atoms with Crippen molar-refractivity contribution in [2.45, 2.75) is 24.9 Å². The molecule has 9 heteroatoms. The van der Waals surface area contributed by atoms with Gasteiger partial charge in [-0.1, -0.05) is 42.5 Å². The van der Waals surface area contributed by atoms with Crippen LogP contribution in [0.5, 0.6) is 0 Å². The van der Waals surface area contributed by atoms with Crippen LogP contribution >= 0.6 is 0 Å². The zero-order valence-corrected chi connectivity index (χ0v) is 20.1. The van der Waals surface area contributed by atoms with Gasteiger partial charge in [-0.2, -0.15) is 13.2 Å². The topological polar surface area (TPSA) is 80.7 Å². The molecule has 1 aliphatic heterocycles. The maximum Gasteiger partial charge on any atom is 0.419 e. The number of aromatic carboxylic acids is 1. The number of carboxylic acids is 1. The number of fused-ring (bicyclic) bond motifs is 1. The van der Waals surface area contributed by atoms with Crippen LogP contribution in [0.15, 0.2) is 89.6 Å². The van der Waals surface area contributed by atoms with Crippen LogP contribution in [0.1, 0.15) is 40.2 Å². The summed E-state index contributed by atoms with van der Waals surface area (Å²) in [6, 6.07) is 21.5. The summed E-state index contributed by atoms with van der Waals surface area (Å²) in [6.45, 7) is -0.130. The van der Waals surface area contributed by atoms with E-state index in [1.54, 1.807) is 30.3 Å². The smallest absolute Gasteiger partial charge is 0.419 e. The number of allylic oxidation sites excluding steroid dienone is 1. The third kappa shape index (κ3) is 4.63. The van der Waals surface area contributed by atoms with Crippen LogP contribution in [0.2, 0.25) is 0 Å². The van der Waals surface area contributed by atoms with Gasteiger partial charge in [-0.05, 0) is 60.2 Å². The normalized spacial score (nSPS) is 15.8. The van der Waals surface area contributed by atoms with Crippen LogP contribution in [0.25, 0.3) is 22.2 Å². The Balaban J connectivity index is 1.30. The fourth-order valence-corrected chi connectivity index (χ4v) is 4.74. The number of aromatic nitrogens is 1. The number of carbonyl (C=O) groups is 1. The number of benzene rings is 3. The number of alkyl halides is 3. The Kier molecular flexibility index (Phi) is 5.71. The molecule has 0 amide bonds. The van der Waals surface area contributed by atoms with Crippen molar-refractivity contribution in [3.63, 3.8) is 0 Å². The highest BCUT2D eigenvalue weighted by Crippen LogP contribution is 2.41. The summed E-state index contributed by atoms with van der Waals surface area (Å²) >= 11 is 0. The van der Waals surface area contributed by atoms with Crippen molar-refractivity contribution in [3.8, 4) is 11.3 Å². The Hall–Kier alpha value is -4.53. The summed E-state index contributed by atoms with van der Waals surface area (Å²) in [6.07, 6.45) is -1.72. The highest BCUT2D eigenvalue weighted by atomic mass is 19.4. The number of carboxylic acid groups (broad SMARTS) is 1. The van der Waals surface area contributed by atoms with Crippen molar-refractivity contribution in [2.24, 2.45) is 4.99 Å². The molecule has 0 unspecified atom stereocenters. The zero-order chi connectivity index (χ0) is 26.4. The van der Waals surface area contributed by atoms with Gasteiger partial charge in [-0.15, -0.1) is 0 Å². The summed E-state index contributed by atoms with van der Waals surface area (Å²) in [4.78, 5) is 19.4. The molecule has 2 heterocycles. The SMILES string of the molecule is O=C(O)c1cc(C2CC2)ccc1NN1C=C(C(F)(F)F)C(c2cccc(-c3cc4ccccc4[nH]3)c2)=NC1. The van der Waals surface area contributed by atoms with Gasteiger partial charge in [0.1, 0.15) is 6.67 Å². The highest BCUT2D eigenvalue weighted by molar-refractivity contribution is 6.14. The van der Waals surface area contributed by atoms with Crippen LogP contribution in [-0.4, -0.2) is 39.6 Å². The van der Waals surface area contributed by atoms with Gasteiger partial charge in [0.25, 0.3) is 0 Å². The van der Waals surface area contributed by atoms with Crippen molar-refractivity contribution < 1.29 is 23.1 Å². The maximum absolute atomic E-state index is 14.2. The second-order valence-corrected chi connectivity index (χ2v) is 9.51. The molecule has 1 aliphatic carbocycles. The highest BCUT2D eigenvalue weighted by Gasteiger charge is 2.39. The Bertz CT molecular complexity index is 1580. The molecule has 1 fully saturated rings. The molecule has 0 radical (unpaired) electrons. The Morgan fingerprint density at radius 2 is 1.79 bits per heavy atom. The maximum atomic E-state index is 14.2. The van der Waals surface area contributed by atoms with Gasteiger partial charge in [-0.3, -0.25) is 15.4 Å². The van der Waals surface area contributed by atoms with Gasteiger partial charge in [0, 0.05) is 28.4 Å². The van der Waals surface area contributed by atoms with Crippen molar-refractivity contribution in [2.75, 3.05) is 12.1 Å². The summed E-state index contributed by atoms with van der Waals surface area (Å²) in [5, 5.41) is 11.8. The van der Waals surface area contributed by atoms with E-state index in [1.165, 1.54) is 0 Å². The standard InChI is InChI=1S/C29H23F3N4O2/c30-29(31,32)23-15-36(35-25-11-10-18(17-8-9-17)13-22(25)28(37)38)16-33-27(23)21-6-3-5-19(12-21)26-14-20-4-1-2-7-24(20)34-26/h1-7,10-15,17,34-35H,8-9,16H2,(H,37,38). The number of aromatic amines is 1. The van der Waals surface area contributed by atoms with E-state index in [0.717, 1.165) is 51.8 Å². The molecule has 0 saturated heterocycles. The summed E-state index contributed by atoms with van der Waals surface area (Å²) in [7, 11) is 0. The molecule has 0 bridgehead atoms. The first-order valence-electron chi connectivity index (χ1n) is 12.2. The fraction of sp³-hybridized carbons (Fsp3) is 0.172. The number of para-hydroxylation sites is 1. The molecule has 0 atom stereocenters. The molecule has 3 N–H and O–H groups in total. The van der Waals surface area contributed by atoms with Gasteiger partial charge in [0.2, 0.25) is 0 Å². The molecule has 1 saturated carbocycles. The number of nitrogens with one attached hydrogen (secondary N) is 2. The van der Waals surface area contributed by atoms with E-state index in [4.69, 9.17) is 0 Å². The summed E-state index contributed by atoms with van der Waals surface area (Å²) in [5.41, 5.74) is 5.67. The number of rotatable bonds is 6. The Morgan fingerprint density at radius 1 is 1.00 bits per heavy atom. The predicted octanol–water partition coefficient (Wildman–Crippen LogP) is 6.95. The lowest BCUT2D eigenvalue weighted by Crippen LogP contribution is -2.35. The predicted molar refractivity (Wildman–Crippen MR) is 140 cm³/mol. The minimum absolute atomic E-state index is 0.0113. The number of anilines is 1. The third-order valence-electron chi connectivity index (χ3n) is 6.79. The fourth-order valence-electron chi connectivity index (χ4n) is 4.74. The summed E-state index contributed by atoms with van der Waals surface area (Å²) < 4.78 is 42.6. The van der Waals surface area contributed by atoms with Crippen LogP contribution in [0, 0.1) is 0 Å². The van der Waals surface area contributed by atoms with E-state index in [1.807, 2.05) is 42.5 Å². The lowest BCUT2D eigenvalue weighted by molar-refractivity contribution is -0.0873. The average Bonchev–Trinajstić information content (AvgIpc) is 3.66. The van der Waals surface area contributed by atoms with Crippen LogP contribution in [0.3, 0.4) is 0 Å². The van der Waals surface area contributed by atoms with Crippen LogP contribution in [-0.2, 0) is 0 Å². The molecular formula is C29H23F3N4O2. The first kappa shape index (κ1) is 23.8. The molecule has 3 aromatic carbocycles. The molecule has 0 spiro atoms. The lowest BCUT2D eigenvalue weighted by Gasteiger charge is -2.28. The number of hydrogen-bond donors (Lipinski definition) is 3. The van der Waals surface area contributed by atoms with E-state index in [-0.39, 0.29) is 23.6 Å². The molecule has 38 heavy (non-hydrogen) atoms. The first-order chi connectivity index (χ1) is 18.3. The molecule has 6 nitrogen and oxygen atoms in total.